The molecule has 1 aromatic rings. The normalized spacial score (nSPS) is 28.3. The second-order valence-electron chi connectivity index (χ2n) is 7.08. The van der Waals surface area contributed by atoms with Crippen LogP contribution in [0.25, 0.3) is 0 Å². The van der Waals surface area contributed by atoms with Gasteiger partial charge >= 0.3 is 0 Å². The summed E-state index contributed by atoms with van der Waals surface area (Å²) < 4.78 is 1.93. The van der Waals surface area contributed by atoms with Crippen LogP contribution in [0.15, 0.2) is 23.0 Å². The Bertz CT molecular complexity index is 633. The van der Waals surface area contributed by atoms with Crippen molar-refractivity contribution in [2.45, 2.75) is 31.7 Å². The highest BCUT2D eigenvalue weighted by atomic mass is 16.2. The summed E-state index contributed by atoms with van der Waals surface area (Å²) in [6.45, 7) is 4.55. The van der Waals surface area contributed by atoms with Crippen molar-refractivity contribution in [3.8, 4) is 0 Å². The lowest BCUT2D eigenvalue weighted by atomic mass is 9.82. The molecule has 2 N–H and O–H groups in total. The van der Waals surface area contributed by atoms with E-state index in [1.54, 1.807) is 6.07 Å². The Morgan fingerprint density at radius 2 is 1.95 bits per heavy atom. The average molecular weight is 302 g/mol. The second kappa shape index (κ2) is 5.54. The summed E-state index contributed by atoms with van der Waals surface area (Å²) in [6, 6.07) is 5.56. The van der Waals surface area contributed by atoms with Gasteiger partial charge in [0.1, 0.15) is 0 Å². The average Bonchev–Trinajstić information content (AvgIpc) is 2.56. The Kier molecular flexibility index (Phi) is 3.53. The highest BCUT2D eigenvalue weighted by Crippen LogP contribution is 2.35. The molecule has 0 aromatic carbocycles. The molecule has 0 aliphatic carbocycles. The summed E-state index contributed by atoms with van der Waals surface area (Å²) in [5, 5.41) is 2.30. The number of amides is 1. The Morgan fingerprint density at radius 1 is 1.14 bits per heavy atom. The molecular formula is C17H24N3O2+. The van der Waals surface area contributed by atoms with Gasteiger partial charge in [-0.15, -0.1) is 0 Å². The van der Waals surface area contributed by atoms with E-state index in [0.717, 1.165) is 57.7 Å². The molecule has 3 aliphatic heterocycles. The van der Waals surface area contributed by atoms with Gasteiger partial charge in [-0.05, 0) is 18.4 Å². The fourth-order valence-corrected chi connectivity index (χ4v) is 4.51. The van der Waals surface area contributed by atoms with Gasteiger partial charge in [-0.3, -0.25) is 9.59 Å². The van der Waals surface area contributed by atoms with Crippen LogP contribution >= 0.6 is 0 Å². The van der Waals surface area contributed by atoms with E-state index < -0.39 is 0 Å². The van der Waals surface area contributed by atoms with Gasteiger partial charge in [-0.2, -0.15) is 0 Å². The number of nitrogens with zero attached hydrogens (tertiary/aromatic N) is 2. The summed E-state index contributed by atoms with van der Waals surface area (Å²) in [4.78, 5) is 26.9. The van der Waals surface area contributed by atoms with Crippen LogP contribution in [-0.2, 0) is 11.3 Å². The molecular weight excluding hydrogens is 278 g/mol. The van der Waals surface area contributed by atoms with Crippen molar-refractivity contribution >= 4 is 5.91 Å². The number of quaternary nitrogens is 1. The van der Waals surface area contributed by atoms with Crippen molar-refractivity contribution in [1.29, 1.82) is 0 Å². The number of hydrogen-bond acceptors (Lipinski definition) is 2. The molecule has 5 nitrogen and oxygen atoms in total. The lowest BCUT2D eigenvalue weighted by Gasteiger charge is -2.43. The molecule has 3 aliphatic rings. The molecule has 2 fully saturated rings. The SMILES string of the molecule is O=C(C1CC[NH2+]CC1)N1C[C@H]2C[C@@H](C1)c1cccc(=O)n1C2. The minimum Gasteiger partial charge on any atom is -0.346 e. The van der Waals surface area contributed by atoms with Gasteiger partial charge in [0.05, 0.1) is 13.1 Å². The Hall–Kier alpha value is -1.62. The molecule has 4 heterocycles. The topological polar surface area (TPSA) is 58.9 Å². The van der Waals surface area contributed by atoms with E-state index in [1.165, 1.54) is 0 Å². The Balaban J connectivity index is 1.55. The number of aromatic nitrogens is 1. The molecule has 1 amide bonds. The largest absolute Gasteiger partial charge is 0.346 e. The third-order valence-electron chi connectivity index (χ3n) is 5.58. The smallest absolute Gasteiger partial charge is 0.250 e. The number of carbonyl (C=O) groups is 1. The highest BCUT2D eigenvalue weighted by molar-refractivity contribution is 5.79. The number of carbonyl (C=O) groups excluding carboxylic acids is 1. The fraction of sp³-hybridized carbons (Fsp3) is 0.647. The number of pyridine rings is 1. The van der Waals surface area contributed by atoms with Crippen LogP contribution in [0.5, 0.6) is 0 Å². The van der Waals surface area contributed by atoms with Crippen molar-refractivity contribution in [2.24, 2.45) is 11.8 Å². The van der Waals surface area contributed by atoms with E-state index in [9.17, 15) is 9.59 Å². The maximum Gasteiger partial charge on any atom is 0.250 e. The van der Waals surface area contributed by atoms with Gasteiger partial charge in [0.15, 0.2) is 0 Å². The van der Waals surface area contributed by atoms with Gasteiger partial charge < -0.3 is 14.8 Å². The molecule has 5 heteroatoms. The van der Waals surface area contributed by atoms with Crippen molar-refractivity contribution in [1.82, 2.24) is 9.47 Å². The van der Waals surface area contributed by atoms with Gasteiger partial charge in [0.2, 0.25) is 5.91 Å². The summed E-state index contributed by atoms with van der Waals surface area (Å²) in [7, 11) is 0. The predicted octanol–water partition coefficient (Wildman–Crippen LogP) is -0.233. The van der Waals surface area contributed by atoms with Gasteiger partial charge in [0.25, 0.3) is 5.56 Å². The second-order valence-corrected chi connectivity index (χ2v) is 7.08. The Labute approximate surface area is 130 Å². The van der Waals surface area contributed by atoms with E-state index in [0.29, 0.717) is 17.7 Å². The zero-order valence-electron chi connectivity index (χ0n) is 12.9. The van der Waals surface area contributed by atoms with Crippen LogP contribution in [0.3, 0.4) is 0 Å². The molecule has 2 bridgehead atoms. The molecule has 1 aromatic heterocycles. The predicted molar refractivity (Wildman–Crippen MR) is 82.5 cm³/mol. The standard InChI is InChI=1S/C17H23N3O2/c21-16-3-1-2-15-14-8-12(10-20(15)16)9-19(11-14)17(22)13-4-6-18-7-5-13/h1-3,12-14,18H,4-11H2/p+1/t12-,14+/m1/s1. The van der Waals surface area contributed by atoms with E-state index in [1.807, 2.05) is 10.6 Å². The van der Waals surface area contributed by atoms with E-state index >= 15 is 0 Å². The molecule has 0 unspecified atom stereocenters. The van der Waals surface area contributed by atoms with Crippen molar-refractivity contribution in [2.75, 3.05) is 26.2 Å². The minimum absolute atomic E-state index is 0.106. The number of hydrogen-bond donors (Lipinski definition) is 1. The number of fused-ring (bicyclic) bond motifs is 4. The van der Waals surface area contributed by atoms with Crippen LogP contribution in [0, 0.1) is 11.8 Å². The zero-order chi connectivity index (χ0) is 15.1. The summed E-state index contributed by atoms with van der Waals surface area (Å²) in [6.07, 6.45) is 3.15. The first-order chi connectivity index (χ1) is 10.7. The summed E-state index contributed by atoms with van der Waals surface area (Å²) in [5.41, 5.74) is 1.23. The molecule has 118 valence electrons. The highest BCUT2D eigenvalue weighted by Gasteiger charge is 2.38. The van der Waals surface area contributed by atoms with Gasteiger partial charge in [0, 0.05) is 56.1 Å². The quantitative estimate of drug-likeness (QED) is 0.779. The maximum absolute atomic E-state index is 12.8. The molecule has 2 atom stereocenters. The lowest BCUT2D eigenvalue weighted by molar-refractivity contribution is -0.664. The first-order valence-corrected chi connectivity index (χ1v) is 8.52. The molecule has 0 radical (unpaired) electrons. The Morgan fingerprint density at radius 3 is 2.77 bits per heavy atom. The first kappa shape index (κ1) is 14.0. The van der Waals surface area contributed by atoms with Crippen LogP contribution in [0.1, 0.15) is 30.9 Å². The maximum atomic E-state index is 12.8. The number of piperidine rings is 2. The van der Waals surface area contributed by atoms with Gasteiger partial charge in [-0.1, -0.05) is 6.07 Å². The zero-order valence-corrected chi connectivity index (χ0v) is 12.9. The molecule has 0 saturated carbocycles. The molecule has 0 spiro atoms. The monoisotopic (exact) mass is 302 g/mol. The van der Waals surface area contributed by atoms with Crippen LogP contribution < -0.4 is 10.9 Å². The molecule has 4 rings (SSSR count). The molecule has 22 heavy (non-hydrogen) atoms. The van der Waals surface area contributed by atoms with E-state index in [-0.39, 0.29) is 11.5 Å². The van der Waals surface area contributed by atoms with Crippen LogP contribution in [-0.4, -0.2) is 41.6 Å². The number of likely N-dealkylation sites (tertiary alicyclic amines) is 1. The summed E-state index contributed by atoms with van der Waals surface area (Å²) >= 11 is 0. The summed E-state index contributed by atoms with van der Waals surface area (Å²) in [5.74, 6) is 1.35. The van der Waals surface area contributed by atoms with Crippen molar-refractivity contribution in [3.05, 3.63) is 34.2 Å². The lowest BCUT2D eigenvalue weighted by Crippen LogP contribution is -2.86. The van der Waals surface area contributed by atoms with Crippen molar-refractivity contribution in [3.63, 3.8) is 0 Å². The first-order valence-electron chi connectivity index (χ1n) is 8.52. The van der Waals surface area contributed by atoms with Crippen LogP contribution in [0.4, 0.5) is 0 Å². The minimum atomic E-state index is 0.106. The number of rotatable bonds is 1. The molecule has 2 saturated heterocycles. The van der Waals surface area contributed by atoms with Crippen LogP contribution in [0.2, 0.25) is 0 Å². The van der Waals surface area contributed by atoms with E-state index in [4.69, 9.17) is 0 Å². The van der Waals surface area contributed by atoms with Gasteiger partial charge in [-0.25, -0.2) is 0 Å². The third-order valence-corrected chi connectivity index (χ3v) is 5.58. The third kappa shape index (κ3) is 2.37. The van der Waals surface area contributed by atoms with Crippen molar-refractivity contribution < 1.29 is 10.1 Å². The number of nitrogens with two attached hydrogens (primary N) is 1. The van der Waals surface area contributed by atoms with E-state index in [2.05, 4.69) is 16.3 Å². The fourth-order valence-electron chi connectivity index (χ4n) is 4.51.